The molecule has 2 heterocycles. The lowest BCUT2D eigenvalue weighted by Crippen LogP contribution is -2.58. The van der Waals surface area contributed by atoms with Gasteiger partial charge in [-0.3, -0.25) is 9.59 Å². The maximum Gasteiger partial charge on any atom is 0.268 e. The summed E-state index contributed by atoms with van der Waals surface area (Å²) in [5.74, 6) is 0.00978. The Kier molecular flexibility index (Phi) is 8.45. The first-order valence-electron chi connectivity index (χ1n) is 12.3. The summed E-state index contributed by atoms with van der Waals surface area (Å²) in [7, 11) is 0.609. The summed E-state index contributed by atoms with van der Waals surface area (Å²) in [5, 5.41) is 9.56. The molecule has 3 aromatic rings. The number of unbranched alkanes of at least 4 members (excludes halogenated alkanes) is 1. The van der Waals surface area contributed by atoms with Crippen LogP contribution in [0.4, 0.5) is 0 Å². The van der Waals surface area contributed by atoms with E-state index >= 15 is 0 Å². The van der Waals surface area contributed by atoms with E-state index in [4.69, 9.17) is 5.26 Å². The van der Waals surface area contributed by atoms with E-state index in [9.17, 15) is 18.0 Å². The van der Waals surface area contributed by atoms with Crippen molar-refractivity contribution in [2.45, 2.75) is 55.3 Å². The van der Waals surface area contributed by atoms with Crippen LogP contribution in [-0.4, -0.2) is 51.8 Å². The van der Waals surface area contributed by atoms with Gasteiger partial charge in [0.1, 0.15) is 0 Å². The number of carbonyl (C=O) groups is 2. The number of amides is 2. The molecule has 1 aromatic heterocycles. The molecule has 1 aliphatic heterocycles. The van der Waals surface area contributed by atoms with Crippen LogP contribution in [0, 0.1) is 11.3 Å². The fourth-order valence-electron chi connectivity index (χ4n) is 4.67. The van der Waals surface area contributed by atoms with Crippen molar-refractivity contribution >= 4 is 54.3 Å². The van der Waals surface area contributed by atoms with Gasteiger partial charge >= 0.3 is 0 Å². The summed E-state index contributed by atoms with van der Waals surface area (Å²) < 4.78 is 28.5. The minimum absolute atomic E-state index is 0.186. The Hall–Kier alpha value is -2.94. The molecule has 0 unspecified atom stereocenters. The van der Waals surface area contributed by atoms with Crippen LogP contribution in [0.3, 0.4) is 0 Å². The van der Waals surface area contributed by atoms with Gasteiger partial charge in [-0.1, -0.05) is 64.9 Å². The quantitative estimate of drug-likeness (QED) is 0.251. The van der Waals surface area contributed by atoms with E-state index in [1.807, 2.05) is 25.1 Å². The second-order valence-corrected chi connectivity index (χ2v) is 13.7. The Morgan fingerprint density at radius 1 is 1.18 bits per heavy atom. The lowest BCUT2D eigenvalue weighted by molar-refractivity contribution is -0.147. The van der Waals surface area contributed by atoms with Crippen LogP contribution in [0.1, 0.15) is 51.1 Å². The highest BCUT2D eigenvalue weighted by molar-refractivity contribution is 8.77. The molecule has 0 spiro atoms. The monoisotopic (exact) mass is 570 g/mol. The molecular formula is C27H30N4O4S3. The molecule has 0 aliphatic carbocycles. The highest BCUT2D eigenvalue weighted by Crippen LogP contribution is 2.48. The number of para-hydroxylation sites is 1. The number of hydrogen-bond donors (Lipinski definition) is 0. The van der Waals surface area contributed by atoms with Crippen molar-refractivity contribution in [2.75, 3.05) is 12.9 Å². The van der Waals surface area contributed by atoms with Gasteiger partial charge in [-0.05, 0) is 38.0 Å². The molecule has 1 fully saturated rings. The Morgan fingerprint density at radius 3 is 2.55 bits per heavy atom. The molecule has 0 bridgehead atoms. The molecule has 8 nitrogen and oxygen atoms in total. The maximum absolute atomic E-state index is 14.0. The first-order valence-corrected chi connectivity index (χ1v) is 16.1. The van der Waals surface area contributed by atoms with Crippen LogP contribution in [-0.2, 0) is 19.6 Å². The molecule has 0 saturated carbocycles. The molecule has 0 radical (unpaired) electrons. The van der Waals surface area contributed by atoms with Crippen molar-refractivity contribution in [3.8, 4) is 6.07 Å². The Labute approximate surface area is 231 Å². The normalized spacial score (nSPS) is 18.8. The van der Waals surface area contributed by atoms with Gasteiger partial charge < -0.3 is 9.80 Å². The summed E-state index contributed by atoms with van der Waals surface area (Å²) in [4.78, 5) is 29.1. The molecular weight excluding hydrogens is 541 g/mol. The minimum Gasteiger partial charge on any atom is -0.323 e. The zero-order valence-corrected chi connectivity index (χ0v) is 24.0. The molecule has 0 N–H and O–H groups in total. The molecule has 2 amide bonds. The predicted molar refractivity (Wildman–Crippen MR) is 152 cm³/mol. The van der Waals surface area contributed by atoms with Gasteiger partial charge in [0.15, 0.2) is 4.87 Å². The molecule has 4 rings (SSSR count). The number of likely N-dealkylation sites (N-methyl/N-ethyl adjacent to an activating group) is 1. The zero-order chi connectivity index (χ0) is 27.5. The summed E-state index contributed by atoms with van der Waals surface area (Å²) >= 11 is 0. The van der Waals surface area contributed by atoms with Gasteiger partial charge in [-0.15, -0.1) is 0 Å². The third-order valence-electron chi connectivity index (χ3n) is 6.89. The smallest absolute Gasteiger partial charge is 0.268 e. The maximum atomic E-state index is 14.0. The largest absolute Gasteiger partial charge is 0.323 e. The van der Waals surface area contributed by atoms with Gasteiger partial charge in [-0.2, -0.15) is 5.26 Å². The lowest BCUT2D eigenvalue weighted by atomic mass is 10.0. The third kappa shape index (κ3) is 5.05. The van der Waals surface area contributed by atoms with Crippen LogP contribution in [0.25, 0.3) is 10.9 Å². The molecule has 2 atom stereocenters. The molecule has 38 heavy (non-hydrogen) atoms. The average Bonchev–Trinajstić information content (AvgIpc) is 3.32. The summed E-state index contributed by atoms with van der Waals surface area (Å²) in [6.45, 7) is 3.72. The van der Waals surface area contributed by atoms with Crippen molar-refractivity contribution in [3.05, 3.63) is 66.4 Å². The van der Waals surface area contributed by atoms with Gasteiger partial charge in [0.25, 0.3) is 15.9 Å². The van der Waals surface area contributed by atoms with Crippen molar-refractivity contribution < 1.29 is 18.0 Å². The van der Waals surface area contributed by atoms with Crippen LogP contribution in [0.5, 0.6) is 0 Å². The fraction of sp³-hybridized carbons (Fsp3) is 0.370. The molecule has 200 valence electrons. The predicted octanol–water partition coefficient (Wildman–Crippen LogP) is 5.38. The number of nitriles is 1. The molecule has 2 aromatic carbocycles. The number of nitrogens with zero attached hydrogens (tertiary/aromatic N) is 4. The van der Waals surface area contributed by atoms with E-state index < -0.39 is 20.9 Å². The van der Waals surface area contributed by atoms with Crippen molar-refractivity contribution in [1.82, 2.24) is 13.8 Å². The number of hydrogen-bond acceptors (Lipinski definition) is 7. The Morgan fingerprint density at radius 2 is 1.87 bits per heavy atom. The number of carbonyl (C=O) groups excluding carboxylic acids is 2. The van der Waals surface area contributed by atoms with Crippen LogP contribution >= 0.6 is 21.6 Å². The van der Waals surface area contributed by atoms with Gasteiger partial charge in [0.2, 0.25) is 5.91 Å². The molecule has 11 heteroatoms. The van der Waals surface area contributed by atoms with E-state index in [0.29, 0.717) is 24.2 Å². The molecule has 1 aliphatic rings. The van der Waals surface area contributed by atoms with E-state index in [-0.39, 0.29) is 29.6 Å². The summed E-state index contributed by atoms with van der Waals surface area (Å²) in [6, 6.07) is 17.2. The third-order valence-corrected chi connectivity index (χ3v) is 11.5. The van der Waals surface area contributed by atoms with Gasteiger partial charge in [0, 0.05) is 37.0 Å². The number of fused-ring (bicyclic) bond motifs is 1. The highest BCUT2D eigenvalue weighted by Gasteiger charge is 2.48. The first-order chi connectivity index (χ1) is 18.2. The second-order valence-electron chi connectivity index (χ2n) is 9.19. The number of benzene rings is 2. The summed E-state index contributed by atoms with van der Waals surface area (Å²) in [5.41, 5.74) is 1.29. The van der Waals surface area contributed by atoms with Crippen LogP contribution in [0.2, 0.25) is 0 Å². The van der Waals surface area contributed by atoms with Crippen LogP contribution < -0.4 is 0 Å². The second kappa shape index (κ2) is 11.4. The number of rotatable bonds is 9. The van der Waals surface area contributed by atoms with Crippen LogP contribution in [0.15, 0.2) is 65.7 Å². The summed E-state index contributed by atoms with van der Waals surface area (Å²) in [6.07, 6.45) is 3.12. The number of aromatic nitrogens is 1. The lowest BCUT2D eigenvalue weighted by Gasteiger charge is -2.45. The Bertz CT molecular complexity index is 1480. The zero-order valence-electron chi connectivity index (χ0n) is 21.5. The van der Waals surface area contributed by atoms with Crippen molar-refractivity contribution in [3.63, 3.8) is 0 Å². The average molecular weight is 571 g/mol. The Balaban J connectivity index is 1.73. The van der Waals surface area contributed by atoms with Gasteiger partial charge in [0.05, 0.1) is 28.4 Å². The van der Waals surface area contributed by atoms with Gasteiger partial charge in [-0.25, -0.2) is 12.4 Å². The van der Waals surface area contributed by atoms with Crippen molar-refractivity contribution in [2.24, 2.45) is 0 Å². The first kappa shape index (κ1) is 28.1. The highest BCUT2D eigenvalue weighted by atomic mass is 33.1. The standard InChI is InChI=1S/C27H30N4O4S3/c1-4-23(30-19-36-37-27(2,26(30)33)29(3)25(32)16-10-11-17-28)22-18-31(24-15-9-8-14-21(22)24)38(34,35)20-12-6-5-7-13-20/h5-9,12-15,18,23H,4,10-11,16,19H2,1-3H3/t23-,27-/m1/s1. The van der Waals surface area contributed by atoms with E-state index in [1.165, 1.54) is 30.5 Å². The topological polar surface area (TPSA) is 103 Å². The minimum atomic E-state index is -3.86. The SMILES string of the molecule is CC[C@H](c1cn(S(=O)(=O)c2ccccc2)c2ccccc12)N1CSS[C@@](C)(N(C)C(=O)CCCC#N)C1=O. The van der Waals surface area contributed by atoms with E-state index in [2.05, 4.69) is 0 Å². The van der Waals surface area contributed by atoms with E-state index in [1.54, 1.807) is 67.5 Å². The molecule has 1 saturated heterocycles. The fourth-order valence-corrected chi connectivity index (χ4v) is 8.90. The van der Waals surface area contributed by atoms with E-state index in [0.717, 1.165) is 10.9 Å². The van der Waals surface area contributed by atoms with Crippen molar-refractivity contribution in [1.29, 1.82) is 5.26 Å².